The van der Waals surface area contributed by atoms with Gasteiger partial charge in [-0.3, -0.25) is 9.69 Å². The van der Waals surface area contributed by atoms with Crippen molar-refractivity contribution in [1.29, 1.82) is 5.26 Å². The number of nitrogens with one attached hydrogen (secondary N) is 1. The van der Waals surface area contributed by atoms with E-state index in [0.717, 1.165) is 28.3 Å². The molecule has 0 bridgehead atoms. The Balaban J connectivity index is 1.97. The number of rotatable bonds is 6. The minimum atomic E-state index is -0.0772. The number of nitriles is 1. The number of aryl methyl sites for hydroxylation is 2. The second-order valence-corrected chi connectivity index (χ2v) is 8.36. The Morgan fingerprint density at radius 1 is 1.21 bits per heavy atom. The zero-order valence-corrected chi connectivity index (χ0v) is 17.6. The van der Waals surface area contributed by atoms with Gasteiger partial charge >= 0.3 is 0 Å². The van der Waals surface area contributed by atoms with Crippen molar-refractivity contribution >= 4 is 32.6 Å². The average molecular weight is 394 g/mol. The number of hydrogen-bond acceptors (Lipinski definition) is 4. The van der Waals surface area contributed by atoms with Crippen LogP contribution in [0.4, 0.5) is 5.13 Å². The van der Waals surface area contributed by atoms with Crippen molar-refractivity contribution in [2.45, 2.75) is 20.3 Å². The van der Waals surface area contributed by atoms with Crippen molar-refractivity contribution < 1.29 is 9.69 Å². The molecule has 3 rings (SSSR count). The van der Waals surface area contributed by atoms with Crippen LogP contribution >= 0.6 is 11.3 Å². The average Bonchev–Trinajstić information content (AvgIpc) is 3.08. The third kappa shape index (κ3) is 4.38. The second kappa shape index (κ2) is 8.51. The van der Waals surface area contributed by atoms with Crippen LogP contribution in [0.3, 0.4) is 0 Å². The maximum absolute atomic E-state index is 13.3. The monoisotopic (exact) mass is 393 g/mol. The van der Waals surface area contributed by atoms with E-state index >= 15 is 0 Å². The van der Waals surface area contributed by atoms with E-state index in [-0.39, 0.29) is 5.91 Å². The Labute approximate surface area is 169 Å². The van der Waals surface area contributed by atoms with E-state index in [1.165, 1.54) is 16.0 Å². The van der Waals surface area contributed by atoms with Gasteiger partial charge in [-0.2, -0.15) is 5.26 Å². The van der Waals surface area contributed by atoms with Crippen molar-refractivity contribution in [2.75, 3.05) is 32.1 Å². The molecule has 1 aromatic heterocycles. The van der Waals surface area contributed by atoms with Crippen LogP contribution in [0.2, 0.25) is 0 Å². The first-order valence-electron chi connectivity index (χ1n) is 9.38. The summed E-state index contributed by atoms with van der Waals surface area (Å²) < 4.78 is 1.12. The van der Waals surface area contributed by atoms with Crippen LogP contribution in [-0.4, -0.2) is 38.1 Å². The van der Waals surface area contributed by atoms with E-state index < -0.39 is 0 Å². The first-order valence-corrected chi connectivity index (χ1v) is 10.2. The molecular formula is C22H25N4OS+. The van der Waals surface area contributed by atoms with Crippen molar-refractivity contribution in [2.24, 2.45) is 0 Å². The number of hydrogen-bond donors (Lipinski definition) is 1. The van der Waals surface area contributed by atoms with Crippen LogP contribution in [0.1, 0.15) is 33.5 Å². The lowest BCUT2D eigenvalue weighted by Crippen LogP contribution is -3.05. The largest absolute Gasteiger partial charge is 0.340 e. The van der Waals surface area contributed by atoms with Crippen LogP contribution in [0.5, 0.6) is 0 Å². The molecule has 1 heterocycles. The summed E-state index contributed by atoms with van der Waals surface area (Å²) in [5.41, 5.74) is 4.41. The smallest absolute Gasteiger partial charge is 0.260 e. The Kier molecular flexibility index (Phi) is 6.08. The number of quaternary nitrogens is 1. The number of fused-ring (bicyclic) bond motifs is 1. The third-order valence-electron chi connectivity index (χ3n) is 4.60. The predicted octanol–water partition coefficient (Wildman–Crippen LogP) is 2.97. The highest BCUT2D eigenvalue weighted by Gasteiger charge is 2.22. The maximum Gasteiger partial charge on any atom is 0.260 e. The molecule has 0 spiro atoms. The molecule has 0 saturated carbocycles. The fourth-order valence-electron chi connectivity index (χ4n) is 3.20. The molecule has 28 heavy (non-hydrogen) atoms. The van der Waals surface area contributed by atoms with Gasteiger partial charge in [0.15, 0.2) is 5.13 Å². The molecule has 0 aliphatic rings. The lowest BCUT2D eigenvalue weighted by Gasteiger charge is -2.20. The molecule has 2 aromatic carbocycles. The topological polar surface area (TPSA) is 61.4 Å². The van der Waals surface area contributed by atoms with Gasteiger partial charge in [0.2, 0.25) is 0 Å². The SMILES string of the molecule is Cc1cc(C)c2sc(N(CCC[NH+](C)C)C(=O)c3ccc(C#N)cc3)nc2c1. The maximum atomic E-state index is 13.3. The summed E-state index contributed by atoms with van der Waals surface area (Å²) in [6.45, 7) is 5.73. The highest BCUT2D eigenvalue weighted by atomic mass is 32.1. The van der Waals surface area contributed by atoms with Crippen LogP contribution < -0.4 is 9.80 Å². The van der Waals surface area contributed by atoms with Crippen molar-refractivity contribution in [3.63, 3.8) is 0 Å². The molecule has 3 aromatic rings. The molecule has 1 amide bonds. The summed E-state index contributed by atoms with van der Waals surface area (Å²) in [5, 5.41) is 9.72. The van der Waals surface area contributed by atoms with Gasteiger partial charge in [-0.1, -0.05) is 17.4 Å². The van der Waals surface area contributed by atoms with E-state index in [1.807, 2.05) is 0 Å². The van der Waals surface area contributed by atoms with Crippen LogP contribution in [0, 0.1) is 25.2 Å². The molecule has 0 unspecified atom stereocenters. The fraction of sp³-hybridized carbons (Fsp3) is 0.318. The number of amides is 1. The van der Waals surface area contributed by atoms with E-state index in [4.69, 9.17) is 10.2 Å². The number of carbonyl (C=O) groups excluding carboxylic acids is 1. The lowest BCUT2D eigenvalue weighted by atomic mass is 10.1. The normalized spacial score (nSPS) is 11.0. The molecule has 0 atom stereocenters. The molecule has 5 nitrogen and oxygen atoms in total. The molecule has 0 saturated heterocycles. The van der Waals surface area contributed by atoms with Crippen molar-refractivity contribution in [3.05, 3.63) is 58.7 Å². The molecule has 0 fully saturated rings. The molecule has 144 valence electrons. The van der Waals surface area contributed by atoms with E-state index in [1.54, 1.807) is 40.5 Å². The zero-order chi connectivity index (χ0) is 20.3. The Hall–Kier alpha value is -2.75. The number of nitrogens with zero attached hydrogens (tertiary/aromatic N) is 3. The number of anilines is 1. The first kappa shape index (κ1) is 20.0. The minimum Gasteiger partial charge on any atom is -0.340 e. The van der Waals surface area contributed by atoms with Gasteiger partial charge in [0.1, 0.15) is 0 Å². The van der Waals surface area contributed by atoms with Crippen molar-refractivity contribution in [1.82, 2.24) is 4.98 Å². The highest BCUT2D eigenvalue weighted by Crippen LogP contribution is 2.32. The summed E-state index contributed by atoms with van der Waals surface area (Å²) in [7, 11) is 4.22. The minimum absolute atomic E-state index is 0.0772. The molecule has 0 aliphatic carbocycles. The lowest BCUT2D eigenvalue weighted by molar-refractivity contribution is -0.858. The van der Waals surface area contributed by atoms with Gasteiger partial charge in [0, 0.05) is 18.5 Å². The third-order valence-corrected chi connectivity index (χ3v) is 5.83. The zero-order valence-electron chi connectivity index (χ0n) is 16.7. The van der Waals surface area contributed by atoms with E-state index in [2.05, 4.69) is 46.1 Å². The number of thiazole rings is 1. The Bertz CT molecular complexity index is 1030. The van der Waals surface area contributed by atoms with E-state index in [9.17, 15) is 4.79 Å². The van der Waals surface area contributed by atoms with Gasteiger partial charge < -0.3 is 4.90 Å². The summed E-state index contributed by atoms with van der Waals surface area (Å²) in [6.07, 6.45) is 0.887. The standard InChI is InChI=1S/C22H24N4OS/c1-15-12-16(2)20-19(13-15)24-22(28-20)26(11-5-10-25(3)4)21(27)18-8-6-17(14-23)7-9-18/h6-9,12-13H,5,10-11H2,1-4H3/p+1. The van der Waals surface area contributed by atoms with Gasteiger partial charge in [0.05, 0.1) is 42.5 Å². The van der Waals surface area contributed by atoms with Crippen LogP contribution in [-0.2, 0) is 0 Å². The number of benzene rings is 2. The quantitative estimate of drug-likeness (QED) is 0.700. The van der Waals surface area contributed by atoms with Gasteiger partial charge in [0.25, 0.3) is 5.91 Å². The highest BCUT2D eigenvalue weighted by molar-refractivity contribution is 7.22. The summed E-state index contributed by atoms with van der Waals surface area (Å²) in [5.74, 6) is -0.0772. The molecule has 1 N–H and O–H groups in total. The molecule has 0 aliphatic heterocycles. The molecule has 6 heteroatoms. The van der Waals surface area contributed by atoms with Gasteiger partial charge in [-0.05, 0) is 55.3 Å². The van der Waals surface area contributed by atoms with Crippen molar-refractivity contribution in [3.8, 4) is 6.07 Å². The Morgan fingerprint density at radius 3 is 2.57 bits per heavy atom. The fourth-order valence-corrected chi connectivity index (χ4v) is 4.24. The van der Waals surface area contributed by atoms with Crippen LogP contribution in [0.25, 0.3) is 10.2 Å². The van der Waals surface area contributed by atoms with E-state index in [0.29, 0.717) is 17.7 Å². The summed E-state index contributed by atoms with van der Waals surface area (Å²) >= 11 is 1.57. The summed E-state index contributed by atoms with van der Waals surface area (Å²) in [6, 6.07) is 13.1. The summed E-state index contributed by atoms with van der Waals surface area (Å²) in [4.78, 5) is 21.2. The van der Waals surface area contributed by atoms with Gasteiger partial charge in [-0.15, -0.1) is 0 Å². The second-order valence-electron chi connectivity index (χ2n) is 7.38. The van der Waals surface area contributed by atoms with Crippen LogP contribution in [0.15, 0.2) is 36.4 Å². The van der Waals surface area contributed by atoms with Gasteiger partial charge in [-0.25, -0.2) is 4.98 Å². The number of aromatic nitrogens is 1. The first-order chi connectivity index (χ1) is 13.4. The molecular weight excluding hydrogens is 368 g/mol. The molecule has 0 radical (unpaired) electrons. The predicted molar refractivity (Wildman–Crippen MR) is 114 cm³/mol. The Morgan fingerprint density at radius 2 is 1.93 bits per heavy atom. The number of carbonyl (C=O) groups is 1.